The Morgan fingerprint density at radius 2 is 2.56 bits per heavy atom. The highest BCUT2D eigenvalue weighted by molar-refractivity contribution is 8.00. The third kappa shape index (κ3) is 2.41. The van der Waals surface area contributed by atoms with Crippen molar-refractivity contribution in [3.63, 3.8) is 0 Å². The first-order chi connectivity index (χ1) is 4.43. The fourth-order valence-electron chi connectivity index (χ4n) is 0.948. The lowest BCUT2D eigenvalue weighted by molar-refractivity contribution is 0.322. The summed E-state index contributed by atoms with van der Waals surface area (Å²) < 4.78 is 0. The number of hydrogen-bond acceptors (Lipinski definition) is 2. The zero-order valence-electron chi connectivity index (χ0n) is 5.42. The van der Waals surface area contributed by atoms with Crippen LogP contribution >= 0.6 is 11.8 Å². The molecule has 52 valence electrons. The van der Waals surface area contributed by atoms with E-state index < -0.39 is 0 Å². The predicted octanol–water partition coefficient (Wildman–Crippen LogP) is 1.43. The summed E-state index contributed by atoms with van der Waals surface area (Å²) in [6.45, 7) is 0.314. The van der Waals surface area contributed by atoms with Crippen molar-refractivity contribution in [3.05, 3.63) is 12.2 Å². The molecule has 0 saturated carbocycles. The van der Waals surface area contributed by atoms with Gasteiger partial charge < -0.3 is 5.11 Å². The highest BCUT2D eigenvalue weighted by Crippen LogP contribution is 2.22. The highest BCUT2D eigenvalue weighted by Gasteiger charge is 2.07. The van der Waals surface area contributed by atoms with Crippen molar-refractivity contribution in [3.8, 4) is 0 Å². The maximum atomic E-state index is 8.48. The van der Waals surface area contributed by atoms with E-state index in [0.29, 0.717) is 11.9 Å². The predicted molar refractivity (Wildman–Crippen MR) is 41.7 cm³/mol. The van der Waals surface area contributed by atoms with Crippen molar-refractivity contribution in [1.29, 1.82) is 0 Å². The molecule has 1 aliphatic carbocycles. The van der Waals surface area contributed by atoms with Gasteiger partial charge in [-0.25, -0.2) is 0 Å². The van der Waals surface area contributed by atoms with Crippen LogP contribution in [0.3, 0.4) is 0 Å². The third-order valence-electron chi connectivity index (χ3n) is 1.39. The molecule has 0 saturated heterocycles. The van der Waals surface area contributed by atoms with E-state index in [-0.39, 0.29) is 0 Å². The molecule has 0 heterocycles. The Balaban J connectivity index is 2.05. The van der Waals surface area contributed by atoms with Crippen LogP contribution in [0.25, 0.3) is 0 Å². The van der Waals surface area contributed by atoms with Crippen molar-refractivity contribution in [2.45, 2.75) is 18.1 Å². The zero-order chi connectivity index (χ0) is 6.53. The van der Waals surface area contributed by atoms with E-state index in [1.54, 1.807) is 0 Å². The third-order valence-corrected chi connectivity index (χ3v) is 2.63. The standard InChI is InChI=1S/C7H12OS/c8-5-6-9-7-3-1-2-4-7/h1,3,7-8H,2,4-6H2. The second-order valence-electron chi connectivity index (χ2n) is 2.14. The largest absolute Gasteiger partial charge is 0.396 e. The fraction of sp³-hybridized carbons (Fsp3) is 0.714. The van der Waals surface area contributed by atoms with Crippen molar-refractivity contribution < 1.29 is 5.11 Å². The maximum absolute atomic E-state index is 8.48. The van der Waals surface area contributed by atoms with E-state index in [4.69, 9.17) is 5.11 Å². The van der Waals surface area contributed by atoms with E-state index in [9.17, 15) is 0 Å². The van der Waals surface area contributed by atoms with Gasteiger partial charge in [0, 0.05) is 11.0 Å². The average Bonchev–Trinajstić information content (AvgIpc) is 2.34. The van der Waals surface area contributed by atoms with Crippen LogP contribution in [0.15, 0.2) is 12.2 Å². The van der Waals surface area contributed by atoms with Crippen molar-refractivity contribution in [1.82, 2.24) is 0 Å². The zero-order valence-corrected chi connectivity index (χ0v) is 6.23. The van der Waals surface area contributed by atoms with Gasteiger partial charge in [0.2, 0.25) is 0 Å². The molecule has 1 nitrogen and oxygen atoms in total. The van der Waals surface area contributed by atoms with Gasteiger partial charge >= 0.3 is 0 Å². The normalized spacial score (nSPS) is 25.2. The summed E-state index contributed by atoms with van der Waals surface area (Å²) in [5.41, 5.74) is 0. The molecule has 0 fully saturated rings. The van der Waals surface area contributed by atoms with Gasteiger partial charge in [-0.15, -0.1) is 0 Å². The topological polar surface area (TPSA) is 20.2 Å². The van der Waals surface area contributed by atoms with Crippen molar-refractivity contribution >= 4 is 11.8 Å². The number of thioether (sulfide) groups is 1. The Kier molecular flexibility index (Phi) is 3.15. The Hall–Kier alpha value is 0.0500. The fourth-order valence-corrected chi connectivity index (χ4v) is 1.88. The van der Waals surface area contributed by atoms with Gasteiger partial charge in [0.05, 0.1) is 6.61 Å². The lowest BCUT2D eigenvalue weighted by Gasteiger charge is -2.03. The van der Waals surface area contributed by atoms with Crippen LogP contribution in [0.2, 0.25) is 0 Å². The molecule has 0 aromatic carbocycles. The minimum atomic E-state index is 0.314. The molecule has 9 heavy (non-hydrogen) atoms. The molecule has 1 aliphatic rings. The van der Waals surface area contributed by atoms with Crippen LogP contribution in [-0.4, -0.2) is 22.7 Å². The smallest absolute Gasteiger partial charge is 0.0521 e. The first-order valence-electron chi connectivity index (χ1n) is 3.32. The van der Waals surface area contributed by atoms with E-state index >= 15 is 0 Å². The lowest BCUT2D eigenvalue weighted by atomic mass is 10.4. The Morgan fingerprint density at radius 1 is 1.67 bits per heavy atom. The Morgan fingerprint density at radius 3 is 3.11 bits per heavy atom. The van der Waals surface area contributed by atoms with Crippen LogP contribution < -0.4 is 0 Å². The number of aliphatic hydroxyl groups excluding tert-OH is 1. The molecule has 0 amide bonds. The monoisotopic (exact) mass is 144 g/mol. The first-order valence-corrected chi connectivity index (χ1v) is 4.37. The van der Waals surface area contributed by atoms with E-state index in [1.165, 1.54) is 12.8 Å². The summed E-state index contributed by atoms with van der Waals surface area (Å²) in [7, 11) is 0. The summed E-state index contributed by atoms with van der Waals surface area (Å²) in [6, 6.07) is 0. The summed E-state index contributed by atoms with van der Waals surface area (Å²) in [5.74, 6) is 0.884. The molecule has 1 N–H and O–H groups in total. The van der Waals surface area contributed by atoms with Crippen LogP contribution in [-0.2, 0) is 0 Å². The number of aliphatic hydroxyl groups is 1. The molecule has 0 aromatic rings. The van der Waals surface area contributed by atoms with Gasteiger partial charge in [-0.2, -0.15) is 11.8 Å². The second-order valence-corrected chi connectivity index (χ2v) is 3.49. The molecular weight excluding hydrogens is 132 g/mol. The molecule has 1 unspecified atom stereocenters. The quantitative estimate of drug-likeness (QED) is 0.605. The van der Waals surface area contributed by atoms with Gasteiger partial charge in [-0.1, -0.05) is 12.2 Å². The first kappa shape index (κ1) is 7.16. The van der Waals surface area contributed by atoms with Gasteiger partial charge in [-0.05, 0) is 12.8 Å². The van der Waals surface area contributed by atoms with Crippen molar-refractivity contribution in [2.75, 3.05) is 12.4 Å². The van der Waals surface area contributed by atoms with Gasteiger partial charge in [0.25, 0.3) is 0 Å². The van der Waals surface area contributed by atoms with Gasteiger partial charge in [-0.3, -0.25) is 0 Å². The van der Waals surface area contributed by atoms with Gasteiger partial charge in [0.15, 0.2) is 0 Å². The minimum Gasteiger partial charge on any atom is -0.396 e. The molecule has 2 heteroatoms. The van der Waals surface area contributed by atoms with Crippen LogP contribution in [0.4, 0.5) is 0 Å². The number of rotatable bonds is 3. The van der Waals surface area contributed by atoms with Crippen LogP contribution in [0, 0.1) is 0 Å². The molecule has 0 radical (unpaired) electrons. The summed E-state index contributed by atoms with van der Waals surface area (Å²) in [5, 5.41) is 9.17. The molecule has 0 spiro atoms. The lowest BCUT2D eigenvalue weighted by Crippen LogP contribution is -1.96. The van der Waals surface area contributed by atoms with Crippen molar-refractivity contribution in [2.24, 2.45) is 0 Å². The van der Waals surface area contributed by atoms with Crippen LogP contribution in [0.5, 0.6) is 0 Å². The molecule has 0 bridgehead atoms. The van der Waals surface area contributed by atoms with E-state index in [2.05, 4.69) is 12.2 Å². The molecule has 0 aliphatic heterocycles. The number of hydrogen-bond donors (Lipinski definition) is 1. The Labute approximate surface area is 60.2 Å². The van der Waals surface area contributed by atoms with Crippen LogP contribution in [0.1, 0.15) is 12.8 Å². The Bertz CT molecular complexity index is 101. The highest BCUT2D eigenvalue weighted by atomic mass is 32.2. The molecule has 1 atom stereocenters. The second kappa shape index (κ2) is 3.96. The maximum Gasteiger partial charge on any atom is 0.0521 e. The molecular formula is C7H12OS. The molecule has 1 rings (SSSR count). The average molecular weight is 144 g/mol. The van der Waals surface area contributed by atoms with E-state index in [0.717, 1.165) is 5.75 Å². The summed E-state index contributed by atoms with van der Waals surface area (Å²) in [6.07, 6.45) is 6.95. The molecule has 0 aromatic heterocycles. The summed E-state index contributed by atoms with van der Waals surface area (Å²) >= 11 is 1.85. The minimum absolute atomic E-state index is 0.314. The van der Waals surface area contributed by atoms with E-state index in [1.807, 2.05) is 11.8 Å². The van der Waals surface area contributed by atoms with Gasteiger partial charge in [0.1, 0.15) is 0 Å². The SMILES string of the molecule is OCCSC1C=CCC1. The number of allylic oxidation sites excluding steroid dienone is 1. The summed E-state index contributed by atoms with van der Waals surface area (Å²) in [4.78, 5) is 0.